The van der Waals surface area contributed by atoms with E-state index in [1.807, 2.05) is 0 Å². The molecule has 0 unspecified atom stereocenters. The number of amides is 1. The van der Waals surface area contributed by atoms with Crippen LogP contribution < -0.4 is 10.6 Å². The number of hydrogen-bond donors (Lipinski definition) is 2. The van der Waals surface area contributed by atoms with Crippen LogP contribution in [0.2, 0.25) is 0 Å². The SMILES string of the molecule is CC1CCC(NC(=O)[C@@H]2Cc3ccccc3CN2)CC1. The lowest BCUT2D eigenvalue weighted by Crippen LogP contribution is -2.51. The smallest absolute Gasteiger partial charge is 0.237 e. The molecule has 1 heterocycles. The molecule has 3 nitrogen and oxygen atoms in total. The zero-order valence-corrected chi connectivity index (χ0v) is 12.2. The monoisotopic (exact) mass is 272 g/mol. The summed E-state index contributed by atoms with van der Waals surface area (Å²) in [7, 11) is 0. The molecule has 1 aromatic carbocycles. The molecule has 1 amide bonds. The zero-order valence-electron chi connectivity index (χ0n) is 12.2. The van der Waals surface area contributed by atoms with Crippen molar-refractivity contribution in [2.24, 2.45) is 5.92 Å². The molecule has 0 spiro atoms. The Morgan fingerprint density at radius 2 is 1.85 bits per heavy atom. The maximum atomic E-state index is 12.4. The van der Waals surface area contributed by atoms with Crippen LogP contribution in [0.25, 0.3) is 0 Å². The minimum Gasteiger partial charge on any atom is -0.352 e. The van der Waals surface area contributed by atoms with Crippen LogP contribution in [0.4, 0.5) is 0 Å². The first kappa shape index (κ1) is 13.6. The first-order chi connectivity index (χ1) is 9.72. The summed E-state index contributed by atoms with van der Waals surface area (Å²) in [5.74, 6) is 1.00. The molecule has 2 aliphatic rings. The predicted octanol–water partition coefficient (Wildman–Crippen LogP) is 2.40. The molecule has 1 aliphatic heterocycles. The molecule has 20 heavy (non-hydrogen) atoms. The Morgan fingerprint density at radius 1 is 1.15 bits per heavy atom. The van der Waals surface area contributed by atoms with Gasteiger partial charge in [0.2, 0.25) is 5.91 Å². The Morgan fingerprint density at radius 3 is 2.60 bits per heavy atom. The lowest BCUT2D eigenvalue weighted by molar-refractivity contribution is -0.124. The fraction of sp³-hybridized carbons (Fsp3) is 0.588. The maximum absolute atomic E-state index is 12.4. The van der Waals surface area contributed by atoms with Gasteiger partial charge in [0, 0.05) is 12.6 Å². The van der Waals surface area contributed by atoms with Gasteiger partial charge in [-0.3, -0.25) is 4.79 Å². The average Bonchev–Trinajstić information content (AvgIpc) is 2.49. The van der Waals surface area contributed by atoms with Crippen LogP contribution in [0.15, 0.2) is 24.3 Å². The maximum Gasteiger partial charge on any atom is 0.237 e. The summed E-state index contributed by atoms with van der Waals surface area (Å²) >= 11 is 0. The fourth-order valence-electron chi connectivity index (χ4n) is 3.35. The van der Waals surface area contributed by atoms with Crippen molar-refractivity contribution in [3.05, 3.63) is 35.4 Å². The second-order valence-corrected chi connectivity index (χ2v) is 6.37. The van der Waals surface area contributed by atoms with Crippen molar-refractivity contribution in [2.45, 2.75) is 57.7 Å². The molecule has 1 fully saturated rings. The highest BCUT2D eigenvalue weighted by atomic mass is 16.2. The standard InChI is InChI=1S/C17H24N2O/c1-12-6-8-15(9-7-12)19-17(20)16-10-13-4-2-3-5-14(13)11-18-16/h2-5,12,15-16,18H,6-11H2,1H3,(H,19,20)/t12?,15?,16-/m0/s1. The van der Waals surface area contributed by atoms with Gasteiger partial charge >= 0.3 is 0 Å². The number of benzene rings is 1. The van der Waals surface area contributed by atoms with Crippen LogP contribution >= 0.6 is 0 Å². The third kappa shape index (κ3) is 3.04. The van der Waals surface area contributed by atoms with Crippen LogP contribution in [-0.4, -0.2) is 18.0 Å². The van der Waals surface area contributed by atoms with E-state index in [9.17, 15) is 4.79 Å². The summed E-state index contributed by atoms with van der Waals surface area (Å²) in [4.78, 5) is 12.4. The van der Waals surface area contributed by atoms with Gasteiger partial charge in [-0.15, -0.1) is 0 Å². The summed E-state index contributed by atoms with van der Waals surface area (Å²) in [5, 5.41) is 6.60. The Balaban J connectivity index is 1.56. The van der Waals surface area contributed by atoms with E-state index >= 15 is 0 Å². The van der Waals surface area contributed by atoms with E-state index in [2.05, 4.69) is 41.8 Å². The lowest BCUT2D eigenvalue weighted by atomic mass is 9.87. The molecule has 0 saturated heterocycles. The van der Waals surface area contributed by atoms with Crippen molar-refractivity contribution in [3.8, 4) is 0 Å². The average molecular weight is 272 g/mol. The highest BCUT2D eigenvalue weighted by Crippen LogP contribution is 2.24. The van der Waals surface area contributed by atoms with Gasteiger partial charge in [-0.2, -0.15) is 0 Å². The van der Waals surface area contributed by atoms with E-state index in [1.165, 1.54) is 24.0 Å². The van der Waals surface area contributed by atoms with Crippen LogP contribution in [0.3, 0.4) is 0 Å². The summed E-state index contributed by atoms with van der Waals surface area (Å²) in [6.07, 6.45) is 5.56. The van der Waals surface area contributed by atoms with Gasteiger partial charge < -0.3 is 10.6 Å². The van der Waals surface area contributed by atoms with Crippen molar-refractivity contribution < 1.29 is 4.79 Å². The molecule has 2 N–H and O–H groups in total. The largest absolute Gasteiger partial charge is 0.352 e. The predicted molar refractivity (Wildman–Crippen MR) is 80.3 cm³/mol. The number of fused-ring (bicyclic) bond motifs is 1. The van der Waals surface area contributed by atoms with Crippen molar-refractivity contribution >= 4 is 5.91 Å². The van der Waals surface area contributed by atoms with Crippen LogP contribution in [0.5, 0.6) is 0 Å². The van der Waals surface area contributed by atoms with E-state index in [4.69, 9.17) is 0 Å². The van der Waals surface area contributed by atoms with Crippen molar-refractivity contribution in [1.29, 1.82) is 0 Å². The molecule has 108 valence electrons. The number of carbonyl (C=O) groups is 1. The Bertz CT molecular complexity index is 478. The highest BCUT2D eigenvalue weighted by Gasteiger charge is 2.26. The number of nitrogens with one attached hydrogen (secondary N) is 2. The molecule has 3 rings (SSSR count). The fourth-order valence-corrected chi connectivity index (χ4v) is 3.35. The molecule has 1 aliphatic carbocycles. The quantitative estimate of drug-likeness (QED) is 0.868. The number of carbonyl (C=O) groups excluding carboxylic acids is 1. The third-order valence-corrected chi connectivity index (χ3v) is 4.76. The van der Waals surface area contributed by atoms with Crippen LogP contribution in [0, 0.1) is 5.92 Å². The first-order valence-electron chi connectivity index (χ1n) is 7.83. The minimum absolute atomic E-state index is 0.0655. The molecular formula is C17H24N2O. The van der Waals surface area contributed by atoms with Gasteiger partial charge in [0.05, 0.1) is 6.04 Å². The molecular weight excluding hydrogens is 248 g/mol. The number of hydrogen-bond acceptors (Lipinski definition) is 2. The lowest BCUT2D eigenvalue weighted by Gasteiger charge is -2.30. The van der Waals surface area contributed by atoms with Crippen molar-refractivity contribution in [2.75, 3.05) is 0 Å². The summed E-state index contributed by atoms with van der Waals surface area (Å²) in [6.45, 7) is 3.10. The minimum atomic E-state index is -0.0655. The molecule has 0 aromatic heterocycles. The molecule has 1 saturated carbocycles. The molecule has 0 radical (unpaired) electrons. The third-order valence-electron chi connectivity index (χ3n) is 4.76. The normalized spacial score (nSPS) is 29.6. The van der Waals surface area contributed by atoms with Gasteiger partial charge in [-0.25, -0.2) is 0 Å². The zero-order chi connectivity index (χ0) is 13.9. The van der Waals surface area contributed by atoms with E-state index in [0.29, 0.717) is 6.04 Å². The Hall–Kier alpha value is -1.35. The Labute approximate surface area is 121 Å². The Kier molecular flexibility index (Phi) is 4.06. The van der Waals surface area contributed by atoms with Gasteiger partial charge in [0.1, 0.15) is 0 Å². The van der Waals surface area contributed by atoms with Crippen molar-refractivity contribution in [3.63, 3.8) is 0 Å². The van der Waals surface area contributed by atoms with Gasteiger partial charge in [-0.1, -0.05) is 31.2 Å². The van der Waals surface area contributed by atoms with Crippen LogP contribution in [-0.2, 0) is 17.8 Å². The van der Waals surface area contributed by atoms with Gasteiger partial charge in [0.25, 0.3) is 0 Å². The van der Waals surface area contributed by atoms with Gasteiger partial charge in [-0.05, 0) is 49.1 Å². The second-order valence-electron chi connectivity index (χ2n) is 6.37. The molecule has 1 atom stereocenters. The summed E-state index contributed by atoms with van der Waals surface area (Å²) < 4.78 is 0. The van der Waals surface area contributed by atoms with Crippen molar-refractivity contribution in [1.82, 2.24) is 10.6 Å². The van der Waals surface area contributed by atoms with E-state index in [-0.39, 0.29) is 11.9 Å². The van der Waals surface area contributed by atoms with E-state index < -0.39 is 0 Å². The van der Waals surface area contributed by atoms with E-state index in [1.54, 1.807) is 0 Å². The number of rotatable bonds is 2. The van der Waals surface area contributed by atoms with E-state index in [0.717, 1.165) is 31.7 Å². The summed E-state index contributed by atoms with van der Waals surface area (Å²) in [5.41, 5.74) is 2.63. The molecule has 0 bridgehead atoms. The van der Waals surface area contributed by atoms with Gasteiger partial charge in [0.15, 0.2) is 0 Å². The second kappa shape index (κ2) is 5.96. The summed E-state index contributed by atoms with van der Waals surface area (Å²) in [6, 6.07) is 8.71. The topological polar surface area (TPSA) is 41.1 Å². The van der Waals surface area contributed by atoms with Crippen LogP contribution in [0.1, 0.15) is 43.7 Å². The highest BCUT2D eigenvalue weighted by molar-refractivity contribution is 5.82. The first-order valence-corrected chi connectivity index (χ1v) is 7.83. The molecule has 3 heteroatoms. The molecule has 1 aromatic rings.